The lowest BCUT2D eigenvalue weighted by atomic mass is 9.67. The van der Waals surface area contributed by atoms with Gasteiger partial charge < -0.3 is 14.6 Å². The molecule has 0 bridgehead atoms. The number of hydrogen-bond acceptors (Lipinski definition) is 5. The summed E-state index contributed by atoms with van der Waals surface area (Å²) in [4.78, 5) is 15.8. The molecule has 7 heteroatoms. The first kappa shape index (κ1) is 26.8. The van der Waals surface area contributed by atoms with Crippen LogP contribution in [0.1, 0.15) is 43.7 Å². The van der Waals surface area contributed by atoms with Crippen molar-refractivity contribution in [3.05, 3.63) is 105 Å². The Hall–Kier alpha value is -3.84. The van der Waals surface area contributed by atoms with Crippen molar-refractivity contribution < 1.29 is 19.4 Å². The van der Waals surface area contributed by atoms with Gasteiger partial charge in [-0.1, -0.05) is 72.2 Å². The van der Waals surface area contributed by atoms with Crippen molar-refractivity contribution in [1.29, 1.82) is 5.41 Å². The Morgan fingerprint density at radius 1 is 1.00 bits per heavy atom. The summed E-state index contributed by atoms with van der Waals surface area (Å²) < 4.78 is 12.2. The minimum absolute atomic E-state index is 0.00638. The van der Waals surface area contributed by atoms with Gasteiger partial charge in [-0.25, -0.2) is 0 Å². The monoisotopic (exact) mass is 586 g/mol. The molecule has 5 rings (SSSR count). The van der Waals surface area contributed by atoms with E-state index in [1.54, 1.807) is 49.5 Å². The van der Waals surface area contributed by atoms with Gasteiger partial charge in [-0.2, -0.15) is 0 Å². The van der Waals surface area contributed by atoms with Gasteiger partial charge in [0.05, 0.1) is 19.9 Å². The van der Waals surface area contributed by atoms with E-state index >= 15 is 0 Å². The lowest BCUT2D eigenvalue weighted by Crippen LogP contribution is -2.45. The van der Waals surface area contributed by atoms with Crippen LogP contribution in [0.25, 0.3) is 5.76 Å². The molecule has 1 unspecified atom stereocenters. The highest BCUT2D eigenvalue weighted by Gasteiger charge is 2.47. The van der Waals surface area contributed by atoms with Crippen LogP contribution < -0.4 is 14.4 Å². The zero-order chi connectivity index (χ0) is 27.9. The first-order chi connectivity index (χ1) is 18.6. The third kappa shape index (κ3) is 4.87. The van der Waals surface area contributed by atoms with Gasteiger partial charge in [-0.3, -0.25) is 15.1 Å². The number of hydrogen-bond donors (Lipinski definition) is 2. The maximum Gasteiger partial charge on any atom is 0.162 e. The van der Waals surface area contributed by atoms with Crippen molar-refractivity contribution in [3.8, 4) is 11.5 Å². The van der Waals surface area contributed by atoms with Gasteiger partial charge in [-0.05, 0) is 41.7 Å². The molecule has 0 amide bonds. The minimum atomic E-state index is -0.614. The van der Waals surface area contributed by atoms with Gasteiger partial charge in [0.1, 0.15) is 23.1 Å². The highest BCUT2D eigenvalue weighted by Crippen LogP contribution is 2.52. The Balaban J connectivity index is 1.88. The summed E-state index contributed by atoms with van der Waals surface area (Å²) in [7, 11) is 3.16. The Morgan fingerprint density at radius 2 is 1.69 bits per heavy atom. The largest absolute Gasteiger partial charge is 0.507 e. The van der Waals surface area contributed by atoms with Crippen molar-refractivity contribution >= 4 is 39.0 Å². The van der Waals surface area contributed by atoms with E-state index in [2.05, 4.69) is 29.8 Å². The molecule has 0 saturated heterocycles. The number of carbonyl (C=O) groups is 1. The second kappa shape index (κ2) is 10.4. The number of aliphatic hydroxyl groups is 1. The molecule has 1 aliphatic carbocycles. The second-order valence-corrected chi connectivity index (χ2v) is 11.6. The van der Waals surface area contributed by atoms with E-state index in [-0.39, 0.29) is 22.8 Å². The number of allylic oxidation sites excluding steroid dienone is 2. The minimum Gasteiger partial charge on any atom is -0.507 e. The molecule has 0 radical (unpaired) electrons. The summed E-state index contributed by atoms with van der Waals surface area (Å²) in [6, 6.07) is 22.3. The molecular weight excluding hydrogens is 556 g/mol. The first-order valence-corrected chi connectivity index (χ1v) is 13.6. The number of ketones is 1. The Labute approximate surface area is 237 Å². The Bertz CT molecular complexity index is 1510. The number of anilines is 1. The van der Waals surface area contributed by atoms with Gasteiger partial charge >= 0.3 is 0 Å². The summed E-state index contributed by atoms with van der Waals surface area (Å²) in [5.41, 5.74) is 3.36. The molecule has 0 aromatic heterocycles. The summed E-state index contributed by atoms with van der Waals surface area (Å²) in [5, 5.41) is 21.4. The van der Waals surface area contributed by atoms with E-state index in [1.807, 2.05) is 42.5 Å². The highest BCUT2D eigenvalue weighted by atomic mass is 79.9. The third-order valence-corrected chi connectivity index (χ3v) is 7.88. The number of nitrogens with zero attached hydrogens (tertiary/aromatic N) is 1. The number of benzene rings is 3. The van der Waals surface area contributed by atoms with Crippen LogP contribution in [-0.4, -0.2) is 30.9 Å². The van der Waals surface area contributed by atoms with Crippen molar-refractivity contribution in [1.82, 2.24) is 0 Å². The molecule has 0 spiro atoms. The van der Waals surface area contributed by atoms with E-state index in [9.17, 15) is 15.3 Å². The zero-order valence-electron chi connectivity index (χ0n) is 22.4. The SMILES string of the molecule is COc1ccc(OC)c(N2C(=N)/C(=C(/O)c3ccccc3)C(c3ccc(Br)cc3)C3=C2CC(C)(C)CC3=O)c1. The molecule has 0 saturated carbocycles. The fourth-order valence-electron chi connectivity index (χ4n) is 5.59. The number of rotatable bonds is 5. The quantitative estimate of drug-likeness (QED) is 0.300. The highest BCUT2D eigenvalue weighted by molar-refractivity contribution is 9.10. The van der Waals surface area contributed by atoms with Crippen molar-refractivity contribution in [2.75, 3.05) is 19.1 Å². The van der Waals surface area contributed by atoms with Crippen molar-refractivity contribution in [3.63, 3.8) is 0 Å². The molecule has 2 N–H and O–H groups in total. The van der Waals surface area contributed by atoms with E-state index in [0.29, 0.717) is 46.7 Å². The number of halogens is 1. The van der Waals surface area contributed by atoms with E-state index in [0.717, 1.165) is 15.7 Å². The summed E-state index contributed by atoms with van der Waals surface area (Å²) >= 11 is 3.51. The maximum atomic E-state index is 14.0. The Kier molecular flexibility index (Phi) is 7.12. The van der Waals surface area contributed by atoms with E-state index in [4.69, 9.17) is 9.47 Å². The fourth-order valence-corrected chi connectivity index (χ4v) is 5.86. The zero-order valence-corrected chi connectivity index (χ0v) is 24.0. The number of nitrogens with one attached hydrogen (secondary N) is 1. The summed E-state index contributed by atoms with van der Waals surface area (Å²) in [5.74, 6) is 0.563. The second-order valence-electron chi connectivity index (χ2n) is 10.6. The van der Waals surface area contributed by atoms with Crippen LogP contribution in [0.2, 0.25) is 0 Å². The van der Waals surface area contributed by atoms with Crippen molar-refractivity contribution in [2.24, 2.45) is 5.41 Å². The van der Waals surface area contributed by atoms with E-state index in [1.165, 1.54) is 0 Å². The molecule has 3 aromatic carbocycles. The number of carbonyl (C=O) groups excluding carboxylic acids is 1. The molecule has 1 heterocycles. The predicted molar refractivity (Wildman–Crippen MR) is 158 cm³/mol. The van der Waals surface area contributed by atoms with Crippen LogP contribution in [0, 0.1) is 10.8 Å². The normalized spacial score (nSPS) is 20.0. The molecule has 6 nitrogen and oxygen atoms in total. The van der Waals surface area contributed by atoms with Gasteiger partial charge in [0.15, 0.2) is 5.78 Å². The van der Waals surface area contributed by atoms with Crippen molar-refractivity contribution in [2.45, 2.75) is 32.6 Å². The van der Waals surface area contributed by atoms with Crippen LogP contribution in [0.3, 0.4) is 0 Å². The van der Waals surface area contributed by atoms with Gasteiger partial charge in [-0.15, -0.1) is 0 Å². The van der Waals surface area contributed by atoms with Crippen LogP contribution in [0.5, 0.6) is 11.5 Å². The number of ether oxygens (including phenoxy) is 2. The lowest BCUT2D eigenvalue weighted by molar-refractivity contribution is -0.118. The smallest absolute Gasteiger partial charge is 0.162 e. The van der Waals surface area contributed by atoms with E-state index < -0.39 is 5.92 Å². The molecular formula is C32H31BrN2O4. The number of aliphatic hydroxyl groups excluding tert-OH is 1. The van der Waals surface area contributed by atoms with Gasteiger partial charge in [0.2, 0.25) is 0 Å². The topological polar surface area (TPSA) is 82.8 Å². The molecule has 1 aliphatic heterocycles. The number of Topliss-reactive ketones (excluding diaryl/α,β-unsaturated/α-hetero) is 1. The molecule has 200 valence electrons. The lowest BCUT2D eigenvalue weighted by Gasteiger charge is -2.45. The first-order valence-electron chi connectivity index (χ1n) is 12.8. The van der Waals surface area contributed by atoms with Crippen LogP contribution in [0.4, 0.5) is 5.69 Å². The fraction of sp³-hybridized carbons (Fsp3) is 0.250. The summed E-state index contributed by atoms with van der Waals surface area (Å²) in [6.07, 6.45) is 0.942. The average molecular weight is 588 g/mol. The average Bonchev–Trinajstić information content (AvgIpc) is 2.92. The van der Waals surface area contributed by atoms with Crippen LogP contribution >= 0.6 is 15.9 Å². The van der Waals surface area contributed by atoms with Crippen LogP contribution in [0.15, 0.2) is 94.1 Å². The maximum absolute atomic E-state index is 14.0. The number of amidine groups is 1. The Morgan fingerprint density at radius 3 is 2.33 bits per heavy atom. The van der Waals surface area contributed by atoms with Crippen LogP contribution in [-0.2, 0) is 4.79 Å². The molecule has 39 heavy (non-hydrogen) atoms. The summed E-state index contributed by atoms with van der Waals surface area (Å²) in [6.45, 7) is 4.14. The molecule has 2 aliphatic rings. The molecule has 0 fully saturated rings. The number of methoxy groups -OCH3 is 2. The molecule has 3 aromatic rings. The standard InChI is InChI=1S/C32H31BrN2O4/c1-32(2)17-24-28(25(36)18-32)27(19-10-12-21(33)13-11-19)29(30(37)20-8-6-5-7-9-20)31(34)35(24)23-16-22(38-3)14-15-26(23)39-4/h5-16,27,34,37H,17-18H2,1-4H3/b30-29+,34-31?. The third-order valence-electron chi connectivity index (χ3n) is 7.36. The predicted octanol–water partition coefficient (Wildman–Crippen LogP) is 7.66. The molecule has 1 atom stereocenters. The van der Waals surface area contributed by atoms with Gasteiger partial charge in [0, 0.05) is 45.3 Å². The van der Waals surface area contributed by atoms with Gasteiger partial charge in [0.25, 0.3) is 0 Å².